The lowest BCUT2D eigenvalue weighted by atomic mass is 9.58. The minimum Gasteiger partial charge on any atom is -0.396 e. The molecule has 0 aliphatic heterocycles. The predicted molar refractivity (Wildman–Crippen MR) is 125 cm³/mol. The lowest BCUT2D eigenvalue weighted by Crippen LogP contribution is -2.51. The van der Waals surface area contributed by atoms with E-state index in [1.54, 1.807) is 0 Å². The van der Waals surface area contributed by atoms with E-state index in [-0.39, 0.29) is 17.9 Å². The number of hydrogen-bond donors (Lipinski definition) is 4. The molecule has 0 amide bonds. The van der Waals surface area contributed by atoms with E-state index in [0.29, 0.717) is 24.7 Å². The Labute approximate surface area is 188 Å². The van der Waals surface area contributed by atoms with Gasteiger partial charge < -0.3 is 20.4 Å². The Morgan fingerprint density at radius 1 is 1.16 bits per heavy atom. The minimum absolute atomic E-state index is 0.111. The first-order valence-corrected chi connectivity index (χ1v) is 12.4. The van der Waals surface area contributed by atoms with Crippen LogP contribution >= 0.6 is 0 Å². The zero-order valence-electron chi connectivity index (χ0n) is 19.8. The van der Waals surface area contributed by atoms with Crippen molar-refractivity contribution >= 4 is 0 Å². The van der Waals surface area contributed by atoms with Crippen LogP contribution in [-0.2, 0) is 0 Å². The van der Waals surface area contributed by atoms with Gasteiger partial charge in [-0.2, -0.15) is 0 Å². The van der Waals surface area contributed by atoms with Gasteiger partial charge in [-0.3, -0.25) is 0 Å². The molecule has 3 fully saturated rings. The maximum atomic E-state index is 11.9. The molecule has 0 spiro atoms. The Balaban J connectivity index is 1.75. The molecule has 0 aromatic carbocycles. The lowest BCUT2D eigenvalue weighted by molar-refractivity contribution is -0.115. The van der Waals surface area contributed by atoms with Crippen molar-refractivity contribution in [1.29, 1.82) is 0 Å². The van der Waals surface area contributed by atoms with E-state index in [4.69, 9.17) is 0 Å². The summed E-state index contributed by atoms with van der Waals surface area (Å²) in [6.45, 7) is 10.9. The fraction of sp³-hybridized carbons (Fsp3) is 0.778. The highest BCUT2D eigenvalue weighted by Crippen LogP contribution is 2.62. The van der Waals surface area contributed by atoms with Crippen molar-refractivity contribution in [3.05, 3.63) is 35.5 Å². The summed E-state index contributed by atoms with van der Waals surface area (Å²) < 4.78 is 0. The second-order valence-corrected chi connectivity index (χ2v) is 11.0. The summed E-state index contributed by atoms with van der Waals surface area (Å²) >= 11 is 0. The molecule has 1 unspecified atom stereocenters. The summed E-state index contributed by atoms with van der Waals surface area (Å²) in [5.41, 5.74) is 2.33. The quantitative estimate of drug-likeness (QED) is 0.471. The standard InChI is InChI=1S/C27H44O4/c1-18(17-28)7-5-8-19(2)27(31)14-12-24-21(9-6-13-26(24,27)4)10-11-22-15-23(29)16-25(30)20(22)3/h10-11,18-19,23-25,28-31H,3,5-9,12-17H2,1-2,4H3/b21-10+,22-11-/t18?,19-,23-,24-,25+,26-,27-/m0/s1. The molecule has 0 heterocycles. The minimum atomic E-state index is -0.656. The summed E-state index contributed by atoms with van der Waals surface area (Å²) in [5.74, 6) is 0.959. The molecule has 31 heavy (non-hydrogen) atoms. The molecule has 3 aliphatic rings. The van der Waals surface area contributed by atoms with Gasteiger partial charge in [-0.1, -0.05) is 51.5 Å². The van der Waals surface area contributed by atoms with Crippen molar-refractivity contribution in [2.24, 2.45) is 23.2 Å². The Hall–Kier alpha value is -0.940. The summed E-state index contributed by atoms with van der Waals surface area (Å²) in [7, 11) is 0. The summed E-state index contributed by atoms with van der Waals surface area (Å²) in [6.07, 6.45) is 12.2. The van der Waals surface area contributed by atoms with Gasteiger partial charge in [-0.15, -0.1) is 0 Å². The molecule has 176 valence electrons. The molecule has 0 aromatic rings. The van der Waals surface area contributed by atoms with Crippen molar-refractivity contribution in [3.63, 3.8) is 0 Å². The third kappa shape index (κ3) is 4.88. The third-order valence-corrected chi connectivity index (χ3v) is 8.91. The first kappa shape index (κ1) is 24.7. The normalized spacial score (nSPS) is 40.9. The first-order valence-electron chi connectivity index (χ1n) is 12.4. The van der Waals surface area contributed by atoms with E-state index in [1.807, 2.05) is 0 Å². The average molecular weight is 433 g/mol. The number of rotatable bonds is 7. The van der Waals surface area contributed by atoms with Gasteiger partial charge in [-0.05, 0) is 80.3 Å². The zero-order chi connectivity index (χ0) is 22.8. The number of aliphatic hydroxyl groups is 4. The van der Waals surface area contributed by atoms with Crippen molar-refractivity contribution < 1.29 is 20.4 Å². The monoisotopic (exact) mass is 432 g/mol. The van der Waals surface area contributed by atoms with E-state index in [0.717, 1.165) is 62.5 Å². The molecule has 4 N–H and O–H groups in total. The predicted octanol–water partition coefficient (Wildman–Crippen LogP) is 4.68. The Bertz CT molecular complexity index is 710. The van der Waals surface area contributed by atoms with Crippen LogP contribution in [0, 0.1) is 23.2 Å². The van der Waals surface area contributed by atoms with Crippen molar-refractivity contribution in [1.82, 2.24) is 0 Å². The van der Waals surface area contributed by atoms with Gasteiger partial charge in [0.2, 0.25) is 0 Å². The maximum Gasteiger partial charge on any atom is 0.0811 e. The summed E-state index contributed by atoms with van der Waals surface area (Å²) in [5, 5.41) is 41.4. The Kier molecular flexibility index (Phi) is 7.89. The molecular weight excluding hydrogens is 388 g/mol. The van der Waals surface area contributed by atoms with Gasteiger partial charge in [0, 0.05) is 18.4 Å². The van der Waals surface area contributed by atoms with Gasteiger partial charge >= 0.3 is 0 Å². The van der Waals surface area contributed by atoms with Crippen LogP contribution in [0.3, 0.4) is 0 Å². The molecule has 7 atom stereocenters. The van der Waals surface area contributed by atoms with Crippen LogP contribution in [0.5, 0.6) is 0 Å². The number of fused-ring (bicyclic) bond motifs is 1. The highest BCUT2D eigenvalue weighted by atomic mass is 16.3. The van der Waals surface area contributed by atoms with Crippen LogP contribution in [0.15, 0.2) is 35.5 Å². The summed E-state index contributed by atoms with van der Waals surface area (Å²) in [4.78, 5) is 0. The van der Waals surface area contributed by atoms with E-state index in [2.05, 4.69) is 39.5 Å². The van der Waals surface area contributed by atoms with Crippen LogP contribution in [0.4, 0.5) is 0 Å². The summed E-state index contributed by atoms with van der Waals surface area (Å²) in [6, 6.07) is 0. The van der Waals surface area contributed by atoms with Crippen LogP contribution in [0.2, 0.25) is 0 Å². The topological polar surface area (TPSA) is 80.9 Å². The van der Waals surface area contributed by atoms with Gasteiger partial charge in [0.05, 0.1) is 17.8 Å². The van der Waals surface area contributed by atoms with E-state index >= 15 is 0 Å². The molecule has 0 radical (unpaired) electrons. The molecule has 0 bridgehead atoms. The van der Waals surface area contributed by atoms with Crippen molar-refractivity contribution in [3.8, 4) is 0 Å². The van der Waals surface area contributed by atoms with Crippen molar-refractivity contribution in [2.75, 3.05) is 6.61 Å². The van der Waals surface area contributed by atoms with Crippen LogP contribution in [0.25, 0.3) is 0 Å². The third-order valence-electron chi connectivity index (χ3n) is 8.91. The highest BCUT2D eigenvalue weighted by Gasteiger charge is 2.59. The number of allylic oxidation sites excluding steroid dienone is 3. The molecule has 4 heteroatoms. The number of hydrogen-bond acceptors (Lipinski definition) is 4. The Morgan fingerprint density at radius 2 is 1.90 bits per heavy atom. The second-order valence-electron chi connectivity index (χ2n) is 11.0. The smallest absolute Gasteiger partial charge is 0.0811 e. The molecule has 4 nitrogen and oxygen atoms in total. The molecule has 3 rings (SSSR count). The van der Waals surface area contributed by atoms with Gasteiger partial charge in [0.25, 0.3) is 0 Å². The van der Waals surface area contributed by atoms with Crippen molar-refractivity contribution in [2.45, 2.75) is 103 Å². The van der Waals surface area contributed by atoms with Crippen LogP contribution < -0.4 is 0 Å². The van der Waals surface area contributed by atoms with Crippen LogP contribution in [-0.4, -0.2) is 44.8 Å². The Morgan fingerprint density at radius 3 is 2.61 bits per heavy atom. The van der Waals surface area contributed by atoms with E-state index in [1.165, 1.54) is 5.57 Å². The SMILES string of the molecule is C=C1/C(=C\C=C2/CCC[C@@]3(C)[C@H]2CC[C@]3(O)[C@@H](C)CCCC(C)CO)C[C@H](O)C[C@H]1O. The fourth-order valence-electron chi connectivity index (χ4n) is 6.67. The molecule has 0 aromatic heterocycles. The number of aliphatic hydroxyl groups excluding tert-OH is 3. The van der Waals surface area contributed by atoms with Crippen LogP contribution in [0.1, 0.15) is 85.0 Å². The maximum absolute atomic E-state index is 11.9. The van der Waals surface area contributed by atoms with E-state index < -0.39 is 17.8 Å². The first-order chi connectivity index (χ1) is 14.6. The highest BCUT2D eigenvalue weighted by molar-refractivity contribution is 5.39. The molecule has 0 saturated heterocycles. The second kappa shape index (κ2) is 9.91. The molecule has 3 aliphatic carbocycles. The average Bonchev–Trinajstić information content (AvgIpc) is 3.01. The fourth-order valence-corrected chi connectivity index (χ4v) is 6.67. The molecular formula is C27H44O4. The lowest BCUT2D eigenvalue weighted by Gasteiger charge is -2.50. The van der Waals surface area contributed by atoms with Gasteiger partial charge in [0.1, 0.15) is 0 Å². The molecule has 3 saturated carbocycles. The largest absolute Gasteiger partial charge is 0.396 e. The zero-order valence-corrected chi connectivity index (χ0v) is 19.8. The van der Waals surface area contributed by atoms with Gasteiger partial charge in [0.15, 0.2) is 0 Å². The van der Waals surface area contributed by atoms with E-state index in [9.17, 15) is 20.4 Å². The van der Waals surface area contributed by atoms with Gasteiger partial charge in [-0.25, -0.2) is 0 Å².